The molecular weight excluding hydrogens is 342 g/mol. The third-order valence-corrected chi connectivity index (χ3v) is 4.93. The molecule has 0 unspecified atom stereocenters. The molecule has 5 rings (SSSR count). The van der Waals surface area contributed by atoms with Crippen LogP contribution in [0, 0.1) is 0 Å². The summed E-state index contributed by atoms with van der Waals surface area (Å²) in [6, 6.07) is 11.2. The van der Waals surface area contributed by atoms with Crippen molar-refractivity contribution in [2.45, 2.75) is 12.5 Å². The first kappa shape index (κ1) is 15.7. The number of nitrogens with zero attached hydrogens (tertiary/aromatic N) is 5. The number of hydrogen-bond acceptors (Lipinski definition) is 5. The molecule has 7 nitrogen and oxygen atoms in total. The van der Waals surface area contributed by atoms with Gasteiger partial charge in [0.05, 0.1) is 17.9 Å². The lowest BCUT2D eigenvalue weighted by Crippen LogP contribution is -2.29. The van der Waals surface area contributed by atoms with Gasteiger partial charge in [0.1, 0.15) is 23.3 Å². The molecule has 4 aromatic rings. The van der Waals surface area contributed by atoms with Crippen molar-refractivity contribution in [3.8, 4) is 11.4 Å². The van der Waals surface area contributed by atoms with Crippen LogP contribution in [0.25, 0.3) is 22.6 Å². The molecule has 4 aromatic heterocycles. The van der Waals surface area contributed by atoms with E-state index >= 15 is 0 Å². The Morgan fingerprint density at radius 3 is 2.85 bits per heavy atom. The molecule has 0 bridgehead atoms. The molecule has 1 fully saturated rings. The first-order valence-corrected chi connectivity index (χ1v) is 8.87. The monoisotopic (exact) mass is 359 g/mol. The molecule has 1 aliphatic rings. The summed E-state index contributed by atoms with van der Waals surface area (Å²) in [6.45, 7) is 1.28. The van der Waals surface area contributed by atoms with Crippen LogP contribution in [0.2, 0.25) is 0 Å². The zero-order chi connectivity index (χ0) is 18.2. The summed E-state index contributed by atoms with van der Waals surface area (Å²) in [5.74, 6) is 0.773. The van der Waals surface area contributed by atoms with Crippen LogP contribution in [-0.2, 0) is 0 Å². The largest absolute Gasteiger partial charge is 0.472 e. The van der Waals surface area contributed by atoms with Gasteiger partial charge in [0.2, 0.25) is 0 Å². The van der Waals surface area contributed by atoms with Gasteiger partial charge in [-0.3, -0.25) is 9.78 Å². The van der Waals surface area contributed by atoms with Crippen molar-refractivity contribution < 1.29 is 9.21 Å². The van der Waals surface area contributed by atoms with Crippen molar-refractivity contribution in [2.24, 2.45) is 0 Å². The number of likely N-dealkylation sites (tertiary alicyclic amines) is 1. The van der Waals surface area contributed by atoms with E-state index in [1.807, 2.05) is 35.2 Å². The van der Waals surface area contributed by atoms with Crippen LogP contribution in [0.4, 0.5) is 0 Å². The second-order valence-electron chi connectivity index (χ2n) is 6.57. The highest BCUT2D eigenvalue weighted by atomic mass is 16.3. The summed E-state index contributed by atoms with van der Waals surface area (Å²) in [4.78, 5) is 28.1. The lowest BCUT2D eigenvalue weighted by atomic mass is 10.2. The first-order chi connectivity index (χ1) is 13.3. The zero-order valence-electron chi connectivity index (χ0n) is 14.5. The SMILES string of the molecule is O=C(c1ccccn1)N1CC[C@@H](n2c(-c3ccoc3)nc3cccnc32)C1. The van der Waals surface area contributed by atoms with E-state index in [1.165, 1.54) is 0 Å². The second-order valence-corrected chi connectivity index (χ2v) is 6.57. The van der Waals surface area contributed by atoms with Crippen molar-refractivity contribution in [3.05, 3.63) is 67.0 Å². The second kappa shape index (κ2) is 6.35. The highest BCUT2D eigenvalue weighted by Crippen LogP contribution is 2.32. The van der Waals surface area contributed by atoms with Crippen LogP contribution in [-0.4, -0.2) is 43.4 Å². The number of fused-ring (bicyclic) bond motifs is 1. The Morgan fingerprint density at radius 2 is 2.04 bits per heavy atom. The van der Waals surface area contributed by atoms with Gasteiger partial charge in [0.15, 0.2) is 5.65 Å². The average Bonchev–Trinajstić information content (AvgIpc) is 3.46. The molecule has 1 saturated heterocycles. The van der Waals surface area contributed by atoms with Crippen molar-refractivity contribution in [1.82, 2.24) is 24.4 Å². The quantitative estimate of drug-likeness (QED) is 0.561. The Bertz CT molecular complexity index is 1090. The number of pyridine rings is 2. The minimum atomic E-state index is -0.0414. The lowest BCUT2D eigenvalue weighted by Gasteiger charge is -2.18. The summed E-state index contributed by atoms with van der Waals surface area (Å²) in [5, 5.41) is 0. The molecule has 0 aromatic carbocycles. The minimum absolute atomic E-state index is 0.0414. The van der Waals surface area contributed by atoms with E-state index in [0.717, 1.165) is 29.0 Å². The van der Waals surface area contributed by atoms with E-state index in [4.69, 9.17) is 9.40 Å². The Kier molecular flexibility index (Phi) is 3.71. The molecule has 0 N–H and O–H groups in total. The first-order valence-electron chi connectivity index (χ1n) is 8.87. The molecule has 7 heteroatoms. The number of furan rings is 1. The van der Waals surface area contributed by atoms with Gasteiger partial charge in [-0.25, -0.2) is 9.97 Å². The summed E-state index contributed by atoms with van der Waals surface area (Å²) in [5.41, 5.74) is 3.04. The van der Waals surface area contributed by atoms with Crippen molar-refractivity contribution in [3.63, 3.8) is 0 Å². The van der Waals surface area contributed by atoms with Gasteiger partial charge in [0.25, 0.3) is 5.91 Å². The van der Waals surface area contributed by atoms with Gasteiger partial charge < -0.3 is 13.9 Å². The summed E-state index contributed by atoms with van der Waals surface area (Å²) >= 11 is 0. The van der Waals surface area contributed by atoms with E-state index in [-0.39, 0.29) is 11.9 Å². The number of rotatable bonds is 3. The summed E-state index contributed by atoms with van der Waals surface area (Å²) in [6.07, 6.45) is 7.57. The molecule has 134 valence electrons. The maximum Gasteiger partial charge on any atom is 0.272 e. The Morgan fingerprint density at radius 1 is 1.11 bits per heavy atom. The number of carbonyl (C=O) groups excluding carboxylic acids is 1. The number of carbonyl (C=O) groups is 1. The van der Waals surface area contributed by atoms with Gasteiger partial charge in [-0.1, -0.05) is 6.07 Å². The molecule has 1 aliphatic heterocycles. The molecule has 27 heavy (non-hydrogen) atoms. The van der Waals surface area contributed by atoms with E-state index in [2.05, 4.69) is 14.5 Å². The van der Waals surface area contributed by atoms with Crippen LogP contribution in [0.1, 0.15) is 23.0 Å². The predicted molar refractivity (Wildman–Crippen MR) is 99.0 cm³/mol. The fourth-order valence-corrected chi connectivity index (χ4v) is 3.66. The van der Waals surface area contributed by atoms with Gasteiger partial charge in [0, 0.05) is 25.5 Å². The fourth-order valence-electron chi connectivity index (χ4n) is 3.66. The Balaban J connectivity index is 1.51. The van der Waals surface area contributed by atoms with Crippen LogP contribution >= 0.6 is 0 Å². The topological polar surface area (TPSA) is 77.0 Å². The van der Waals surface area contributed by atoms with Gasteiger partial charge in [-0.05, 0) is 36.8 Å². The normalized spacial score (nSPS) is 16.9. The molecule has 1 amide bonds. The van der Waals surface area contributed by atoms with Crippen molar-refractivity contribution in [1.29, 1.82) is 0 Å². The third kappa shape index (κ3) is 2.68. The van der Waals surface area contributed by atoms with E-state index in [1.54, 1.807) is 31.0 Å². The minimum Gasteiger partial charge on any atom is -0.472 e. The van der Waals surface area contributed by atoms with Crippen LogP contribution in [0.3, 0.4) is 0 Å². The smallest absolute Gasteiger partial charge is 0.272 e. The average molecular weight is 359 g/mol. The number of hydrogen-bond donors (Lipinski definition) is 0. The van der Waals surface area contributed by atoms with Crippen LogP contribution in [0.5, 0.6) is 0 Å². The Labute approximate surface area is 155 Å². The predicted octanol–water partition coefficient (Wildman–Crippen LogP) is 3.17. The fraction of sp³-hybridized carbons (Fsp3) is 0.200. The maximum absolute atomic E-state index is 12.7. The Hall–Kier alpha value is -3.48. The van der Waals surface area contributed by atoms with Crippen molar-refractivity contribution in [2.75, 3.05) is 13.1 Å². The molecule has 5 heterocycles. The zero-order valence-corrected chi connectivity index (χ0v) is 14.5. The van der Waals surface area contributed by atoms with Crippen LogP contribution in [0.15, 0.2) is 65.7 Å². The van der Waals surface area contributed by atoms with Crippen LogP contribution < -0.4 is 0 Å². The number of aromatic nitrogens is 4. The molecule has 1 atom stereocenters. The molecule has 0 radical (unpaired) electrons. The standard InChI is InChI=1S/C20H17N5O2/c26-20(17-4-1-2-8-21-17)24-10-6-15(12-24)25-18(14-7-11-27-13-14)23-16-5-3-9-22-19(16)25/h1-5,7-9,11,13,15H,6,10,12H2/t15-/m1/s1. The number of amides is 1. The highest BCUT2D eigenvalue weighted by molar-refractivity contribution is 5.92. The van der Waals surface area contributed by atoms with Gasteiger partial charge in [-0.2, -0.15) is 0 Å². The molecule has 0 saturated carbocycles. The molecule has 0 aliphatic carbocycles. The lowest BCUT2D eigenvalue weighted by molar-refractivity contribution is 0.0782. The number of imidazole rings is 1. The van der Waals surface area contributed by atoms with Gasteiger partial charge >= 0.3 is 0 Å². The molecule has 0 spiro atoms. The third-order valence-electron chi connectivity index (χ3n) is 4.93. The molecular formula is C20H17N5O2. The highest BCUT2D eigenvalue weighted by Gasteiger charge is 2.31. The van der Waals surface area contributed by atoms with E-state index < -0.39 is 0 Å². The van der Waals surface area contributed by atoms with Crippen molar-refractivity contribution >= 4 is 17.1 Å². The summed E-state index contributed by atoms with van der Waals surface area (Å²) in [7, 11) is 0. The van der Waals surface area contributed by atoms with E-state index in [9.17, 15) is 4.79 Å². The maximum atomic E-state index is 12.7. The van der Waals surface area contributed by atoms with Gasteiger partial charge in [-0.15, -0.1) is 0 Å². The summed E-state index contributed by atoms with van der Waals surface area (Å²) < 4.78 is 7.38. The van der Waals surface area contributed by atoms with E-state index in [0.29, 0.717) is 18.8 Å².